The first-order valence-electron chi connectivity index (χ1n) is 10.3. The molecule has 1 N–H and O–H groups in total. The molecule has 0 saturated heterocycles. The van der Waals surface area contributed by atoms with Gasteiger partial charge in [-0.15, -0.1) is 0 Å². The number of carbonyl (C=O) groups excluding carboxylic acids is 2. The van der Waals surface area contributed by atoms with Gasteiger partial charge >= 0.3 is 0 Å². The minimum absolute atomic E-state index is 0.177. The number of anilines is 1. The van der Waals surface area contributed by atoms with Crippen LogP contribution in [0.1, 0.15) is 37.8 Å². The Hall–Kier alpha value is -2.94. The Morgan fingerprint density at radius 2 is 1.62 bits per heavy atom. The predicted octanol–water partition coefficient (Wildman–Crippen LogP) is 2.88. The lowest BCUT2D eigenvalue weighted by molar-refractivity contribution is -0.139. The number of nitrogens with one attached hydrogen (secondary N) is 1. The summed E-state index contributed by atoms with van der Waals surface area (Å²) in [6.45, 7) is 4.86. The maximum absolute atomic E-state index is 14.2. The number of rotatable bonds is 9. The Balaban J connectivity index is 2.38. The second-order valence-electron chi connectivity index (χ2n) is 7.92. The molecule has 0 bridgehead atoms. The number of halogens is 1. The van der Waals surface area contributed by atoms with Crippen molar-refractivity contribution < 1.29 is 22.4 Å². The zero-order valence-electron chi connectivity index (χ0n) is 19.0. The highest BCUT2D eigenvalue weighted by Crippen LogP contribution is 2.23. The van der Waals surface area contributed by atoms with Crippen LogP contribution in [0.3, 0.4) is 0 Å². The Morgan fingerprint density at radius 3 is 2.12 bits per heavy atom. The molecule has 2 aromatic rings. The van der Waals surface area contributed by atoms with Gasteiger partial charge in [-0.3, -0.25) is 13.9 Å². The monoisotopic (exact) mass is 463 g/mol. The van der Waals surface area contributed by atoms with Gasteiger partial charge < -0.3 is 10.2 Å². The molecule has 1 atom stereocenters. The van der Waals surface area contributed by atoms with Gasteiger partial charge in [-0.2, -0.15) is 0 Å². The topological polar surface area (TPSA) is 86.8 Å². The fraction of sp³-hybridized carbons (Fsp3) is 0.391. The predicted molar refractivity (Wildman–Crippen MR) is 123 cm³/mol. The summed E-state index contributed by atoms with van der Waals surface area (Å²) < 4.78 is 40.2. The van der Waals surface area contributed by atoms with Crippen LogP contribution in [-0.2, 0) is 26.2 Å². The van der Waals surface area contributed by atoms with Gasteiger partial charge in [-0.1, -0.05) is 44.2 Å². The zero-order valence-corrected chi connectivity index (χ0v) is 19.8. The summed E-state index contributed by atoms with van der Waals surface area (Å²) in [5.41, 5.74) is 1.59. The first kappa shape index (κ1) is 25.3. The molecule has 0 radical (unpaired) electrons. The molecule has 9 heteroatoms. The van der Waals surface area contributed by atoms with Gasteiger partial charge in [0.15, 0.2) is 0 Å². The van der Waals surface area contributed by atoms with Crippen molar-refractivity contribution in [1.29, 1.82) is 0 Å². The minimum atomic E-state index is -3.80. The molecule has 2 rings (SSSR count). The van der Waals surface area contributed by atoms with Gasteiger partial charge in [0.1, 0.15) is 18.4 Å². The number of hydrogen-bond acceptors (Lipinski definition) is 4. The van der Waals surface area contributed by atoms with E-state index in [1.165, 1.54) is 37.1 Å². The molecule has 2 aromatic carbocycles. The van der Waals surface area contributed by atoms with Gasteiger partial charge in [-0.05, 0) is 36.6 Å². The lowest BCUT2D eigenvalue weighted by atomic mass is 10.0. The van der Waals surface area contributed by atoms with E-state index in [4.69, 9.17) is 0 Å². The second-order valence-corrected chi connectivity index (χ2v) is 9.83. The van der Waals surface area contributed by atoms with Crippen molar-refractivity contribution in [2.45, 2.75) is 39.3 Å². The van der Waals surface area contributed by atoms with Crippen molar-refractivity contribution in [2.75, 3.05) is 24.2 Å². The molecule has 0 aromatic heterocycles. The molecule has 0 spiro atoms. The van der Waals surface area contributed by atoms with Crippen molar-refractivity contribution in [2.24, 2.45) is 0 Å². The smallest absolute Gasteiger partial charge is 0.244 e. The maximum Gasteiger partial charge on any atom is 0.244 e. The summed E-state index contributed by atoms with van der Waals surface area (Å²) in [5.74, 6) is -1.31. The van der Waals surface area contributed by atoms with Gasteiger partial charge in [0.05, 0.1) is 11.9 Å². The van der Waals surface area contributed by atoms with E-state index >= 15 is 0 Å². The first-order chi connectivity index (χ1) is 15.0. The molecular weight excluding hydrogens is 433 g/mol. The highest BCUT2D eigenvalue weighted by Gasteiger charge is 2.30. The van der Waals surface area contributed by atoms with Crippen molar-refractivity contribution in [3.05, 3.63) is 65.5 Å². The van der Waals surface area contributed by atoms with Crippen LogP contribution in [0, 0.1) is 5.82 Å². The van der Waals surface area contributed by atoms with E-state index in [9.17, 15) is 22.4 Å². The number of sulfonamides is 1. The van der Waals surface area contributed by atoms with Crippen LogP contribution in [0.25, 0.3) is 0 Å². The van der Waals surface area contributed by atoms with E-state index in [1.807, 2.05) is 26.0 Å². The van der Waals surface area contributed by atoms with E-state index in [-0.39, 0.29) is 18.0 Å². The summed E-state index contributed by atoms with van der Waals surface area (Å²) in [7, 11) is -2.37. The number of likely N-dealkylation sites (N-methyl/N-ethyl adjacent to an activating group) is 1. The minimum Gasteiger partial charge on any atom is -0.357 e. The van der Waals surface area contributed by atoms with Crippen LogP contribution in [0.15, 0.2) is 48.5 Å². The zero-order chi connectivity index (χ0) is 24.1. The summed E-state index contributed by atoms with van der Waals surface area (Å²) in [6.07, 6.45) is 1.01. The van der Waals surface area contributed by atoms with Crippen LogP contribution in [0.2, 0.25) is 0 Å². The number of benzene rings is 2. The highest BCUT2D eigenvalue weighted by atomic mass is 32.2. The molecular formula is C23H30FN3O4S. The average Bonchev–Trinajstić information content (AvgIpc) is 2.75. The molecule has 0 heterocycles. The number of carbonyl (C=O) groups is 2. The fourth-order valence-electron chi connectivity index (χ4n) is 3.24. The van der Waals surface area contributed by atoms with E-state index in [1.54, 1.807) is 18.2 Å². The fourth-order valence-corrected chi connectivity index (χ4v) is 4.09. The molecule has 2 amide bonds. The molecule has 174 valence electrons. The lowest BCUT2D eigenvalue weighted by Gasteiger charge is -2.31. The molecule has 0 fully saturated rings. The van der Waals surface area contributed by atoms with Crippen molar-refractivity contribution in [3.8, 4) is 0 Å². The molecule has 7 nitrogen and oxygen atoms in total. The maximum atomic E-state index is 14.2. The van der Waals surface area contributed by atoms with Crippen LogP contribution in [0.5, 0.6) is 0 Å². The molecule has 0 aliphatic carbocycles. The SMILES string of the molecule is CNC(=O)[C@@H](C)N(Cc1ccccc1F)C(=O)CN(c1ccc(C(C)C)cc1)S(C)(=O)=O. The Labute approximate surface area is 189 Å². The number of nitrogens with zero attached hydrogens (tertiary/aromatic N) is 2. The lowest BCUT2D eigenvalue weighted by Crippen LogP contribution is -2.50. The molecule has 32 heavy (non-hydrogen) atoms. The van der Waals surface area contributed by atoms with Crippen molar-refractivity contribution in [1.82, 2.24) is 10.2 Å². The van der Waals surface area contributed by atoms with Gasteiger partial charge in [0.2, 0.25) is 21.8 Å². The molecule has 0 unspecified atom stereocenters. The Morgan fingerprint density at radius 1 is 1.03 bits per heavy atom. The Kier molecular flexibility index (Phi) is 8.38. The van der Waals surface area contributed by atoms with Gasteiger partial charge in [0.25, 0.3) is 0 Å². The summed E-state index contributed by atoms with van der Waals surface area (Å²) >= 11 is 0. The Bertz CT molecular complexity index is 1060. The normalized spacial score (nSPS) is 12.3. The number of hydrogen-bond donors (Lipinski definition) is 1. The van der Waals surface area contributed by atoms with Crippen LogP contribution < -0.4 is 9.62 Å². The van der Waals surface area contributed by atoms with Gasteiger partial charge in [-0.25, -0.2) is 12.8 Å². The third kappa shape index (κ3) is 6.29. The average molecular weight is 464 g/mol. The number of amides is 2. The quantitative estimate of drug-likeness (QED) is 0.620. The summed E-state index contributed by atoms with van der Waals surface area (Å²) in [6, 6.07) is 11.9. The largest absolute Gasteiger partial charge is 0.357 e. The van der Waals surface area contributed by atoms with E-state index in [0.717, 1.165) is 16.1 Å². The highest BCUT2D eigenvalue weighted by molar-refractivity contribution is 7.92. The van der Waals surface area contributed by atoms with Crippen LogP contribution in [-0.4, -0.2) is 51.0 Å². The first-order valence-corrected chi connectivity index (χ1v) is 12.1. The molecule has 0 saturated carbocycles. The van der Waals surface area contributed by atoms with E-state index < -0.39 is 40.2 Å². The van der Waals surface area contributed by atoms with Gasteiger partial charge in [0, 0.05) is 19.2 Å². The van der Waals surface area contributed by atoms with Crippen molar-refractivity contribution in [3.63, 3.8) is 0 Å². The second kappa shape index (κ2) is 10.6. The summed E-state index contributed by atoms with van der Waals surface area (Å²) in [4.78, 5) is 26.7. The summed E-state index contributed by atoms with van der Waals surface area (Å²) in [5, 5.41) is 2.47. The third-order valence-corrected chi connectivity index (χ3v) is 6.38. The van der Waals surface area contributed by atoms with E-state index in [2.05, 4.69) is 5.32 Å². The standard InChI is InChI=1S/C23H30FN3O4S/c1-16(2)18-10-12-20(13-11-18)27(32(5,30)31)15-22(28)26(17(3)23(29)25-4)14-19-8-6-7-9-21(19)24/h6-13,16-17H,14-15H2,1-5H3,(H,25,29)/t17-/m1/s1. The van der Waals surface area contributed by atoms with Crippen molar-refractivity contribution >= 4 is 27.5 Å². The van der Waals surface area contributed by atoms with Crippen LogP contribution >= 0.6 is 0 Å². The molecule has 0 aliphatic heterocycles. The molecule has 0 aliphatic rings. The van der Waals surface area contributed by atoms with Crippen LogP contribution in [0.4, 0.5) is 10.1 Å². The third-order valence-electron chi connectivity index (χ3n) is 5.24. The van der Waals surface area contributed by atoms with E-state index in [0.29, 0.717) is 5.69 Å².